The first-order chi connectivity index (χ1) is 14.2. The molecule has 0 unspecified atom stereocenters. The van der Waals surface area contributed by atoms with E-state index in [2.05, 4.69) is 21.7 Å². The molecule has 0 amide bonds. The summed E-state index contributed by atoms with van der Waals surface area (Å²) in [5.41, 5.74) is 1.43. The van der Waals surface area contributed by atoms with Gasteiger partial charge in [0, 0.05) is 12.1 Å². The summed E-state index contributed by atoms with van der Waals surface area (Å²) in [6.45, 7) is 5.07. The first kappa shape index (κ1) is 21.0. The quantitative estimate of drug-likeness (QED) is 0.347. The molecule has 0 N–H and O–H groups in total. The maximum absolute atomic E-state index is 12.1. The number of benzene rings is 1. The third-order valence-electron chi connectivity index (χ3n) is 4.37. The van der Waals surface area contributed by atoms with Gasteiger partial charge in [0.25, 0.3) is 0 Å². The second-order valence-electron chi connectivity index (χ2n) is 6.31. The van der Waals surface area contributed by atoms with E-state index in [0.29, 0.717) is 23.7 Å². The fraction of sp³-hybridized carbons (Fsp3) is 0.381. The highest BCUT2D eigenvalue weighted by Crippen LogP contribution is 2.29. The minimum Gasteiger partial charge on any atom is -0.497 e. The number of hydrogen-bond donors (Lipinski definition) is 0. The summed E-state index contributed by atoms with van der Waals surface area (Å²) in [5.74, 6) is 2.28. The zero-order chi connectivity index (χ0) is 20.6. The molecule has 0 bridgehead atoms. The molecule has 0 aliphatic rings. The lowest BCUT2D eigenvalue weighted by atomic mass is 10.2. The van der Waals surface area contributed by atoms with E-state index in [0.717, 1.165) is 41.7 Å². The Bertz CT molecular complexity index is 934. The highest BCUT2D eigenvalue weighted by Gasteiger charge is 2.19. The van der Waals surface area contributed by atoms with Crippen LogP contribution in [0.1, 0.15) is 42.8 Å². The molecule has 0 spiro atoms. The van der Waals surface area contributed by atoms with Crippen LogP contribution in [-0.2, 0) is 17.0 Å². The molecule has 3 aromatic rings. The molecule has 2 heterocycles. The van der Waals surface area contributed by atoms with Gasteiger partial charge in [0.15, 0.2) is 11.0 Å². The fourth-order valence-corrected chi connectivity index (χ4v) is 3.76. The number of unbranched alkanes of at least 4 members (excludes halogenated alkanes) is 1. The molecule has 8 heteroatoms. The van der Waals surface area contributed by atoms with Gasteiger partial charge in [0.1, 0.15) is 17.1 Å². The van der Waals surface area contributed by atoms with Crippen LogP contribution in [0.15, 0.2) is 46.2 Å². The molecule has 0 aliphatic heterocycles. The second-order valence-corrected chi connectivity index (χ2v) is 7.25. The van der Waals surface area contributed by atoms with Crippen LogP contribution in [0.3, 0.4) is 0 Å². The van der Waals surface area contributed by atoms with Crippen LogP contribution in [-0.4, -0.2) is 34.5 Å². The minimum atomic E-state index is -0.372. The van der Waals surface area contributed by atoms with Gasteiger partial charge in [-0.15, -0.1) is 10.2 Å². The topological polar surface area (TPSA) is 79.4 Å². The Kier molecular flexibility index (Phi) is 7.35. The summed E-state index contributed by atoms with van der Waals surface area (Å²) in [7, 11) is 1.65. The van der Waals surface area contributed by atoms with Crippen molar-refractivity contribution < 1.29 is 18.7 Å². The zero-order valence-corrected chi connectivity index (χ0v) is 17.7. The summed E-state index contributed by atoms with van der Waals surface area (Å²) in [6.07, 6.45) is 3.59. The van der Waals surface area contributed by atoms with Gasteiger partial charge in [0.2, 0.25) is 0 Å². The standard InChI is InChI=1S/C21H25N3O4S/c1-4-6-12-24-19(15-7-9-16(26-3)10-8-15)22-23-21(24)29-14-18-17(11-13-28-18)20(25)27-5-2/h7-11,13H,4-6,12,14H2,1-3H3. The molecular formula is C21H25N3O4S. The summed E-state index contributed by atoms with van der Waals surface area (Å²) in [5, 5.41) is 9.58. The smallest absolute Gasteiger partial charge is 0.341 e. The van der Waals surface area contributed by atoms with E-state index in [1.807, 2.05) is 24.3 Å². The lowest BCUT2D eigenvalue weighted by Gasteiger charge is -2.10. The number of methoxy groups -OCH3 is 1. The molecule has 0 radical (unpaired) electrons. The number of aromatic nitrogens is 3. The van der Waals surface area contributed by atoms with Crippen molar-refractivity contribution in [2.45, 2.75) is 44.1 Å². The molecule has 3 rings (SSSR count). The van der Waals surface area contributed by atoms with Crippen LogP contribution in [0.2, 0.25) is 0 Å². The van der Waals surface area contributed by atoms with Gasteiger partial charge >= 0.3 is 5.97 Å². The summed E-state index contributed by atoms with van der Waals surface area (Å²) < 4.78 is 17.9. The van der Waals surface area contributed by atoms with Gasteiger partial charge in [-0.3, -0.25) is 0 Å². The lowest BCUT2D eigenvalue weighted by molar-refractivity contribution is 0.0524. The van der Waals surface area contributed by atoms with Crippen molar-refractivity contribution in [1.82, 2.24) is 14.8 Å². The Morgan fingerprint density at radius 3 is 2.66 bits per heavy atom. The molecule has 0 saturated heterocycles. The Labute approximate surface area is 174 Å². The molecule has 2 aromatic heterocycles. The van der Waals surface area contributed by atoms with Crippen LogP contribution >= 0.6 is 11.8 Å². The maximum atomic E-state index is 12.1. The van der Waals surface area contributed by atoms with Gasteiger partial charge in [-0.05, 0) is 43.7 Å². The number of rotatable bonds is 10. The first-order valence-corrected chi connectivity index (χ1v) is 10.6. The van der Waals surface area contributed by atoms with Crippen LogP contribution < -0.4 is 4.74 Å². The van der Waals surface area contributed by atoms with E-state index in [4.69, 9.17) is 13.9 Å². The predicted molar refractivity (Wildman–Crippen MR) is 111 cm³/mol. The molecule has 0 aliphatic carbocycles. The minimum absolute atomic E-state index is 0.327. The Hall–Kier alpha value is -2.74. The first-order valence-electron chi connectivity index (χ1n) is 9.61. The number of carbonyl (C=O) groups is 1. The highest BCUT2D eigenvalue weighted by molar-refractivity contribution is 7.98. The molecular weight excluding hydrogens is 390 g/mol. The number of furan rings is 1. The van der Waals surface area contributed by atoms with E-state index in [9.17, 15) is 4.79 Å². The van der Waals surface area contributed by atoms with Gasteiger partial charge in [-0.1, -0.05) is 25.1 Å². The van der Waals surface area contributed by atoms with Gasteiger partial charge < -0.3 is 18.5 Å². The highest BCUT2D eigenvalue weighted by atomic mass is 32.2. The van der Waals surface area contributed by atoms with Crippen molar-refractivity contribution in [3.05, 3.63) is 47.9 Å². The second kappa shape index (κ2) is 10.2. The average molecular weight is 416 g/mol. The lowest BCUT2D eigenvalue weighted by Crippen LogP contribution is -2.06. The Morgan fingerprint density at radius 1 is 1.17 bits per heavy atom. The van der Waals surface area contributed by atoms with Crippen LogP contribution in [0.5, 0.6) is 5.75 Å². The molecule has 154 valence electrons. The monoisotopic (exact) mass is 415 g/mol. The third kappa shape index (κ3) is 5.00. The van der Waals surface area contributed by atoms with Crippen molar-refractivity contribution in [2.75, 3.05) is 13.7 Å². The van der Waals surface area contributed by atoms with Crippen LogP contribution in [0, 0.1) is 0 Å². The number of esters is 1. The number of hydrogen-bond acceptors (Lipinski definition) is 7. The van der Waals surface area contributed by atoms with Crippen molar-refractivity contribution in [3.8, 4) is 17.1 Å². The van der Waals surface area contributed by atoms with Crippen molar-refractivity contribution >= 4 is 17.7 Å². The van der Waals surface area contributed by atoms with Crippen LogP contribution in [0.4, 0.5) is 0 Å². The van der Waals surface area contributed by atoms with Crippen molar-refractivity contribution in [3.63, 3.8) is 0 Å². The van der Waals surface area contributed by atoms with Gasteiger partial charge in [-0.2, -0.15) is 0 Å². The number of thioether (sulfide) groups is 1. The molecule has 7 nitrogen and oxygen atoms in total. The fourth-order valence-electron chi connectivity index (χ4n) is 2.84. The summed E-state index contributed by atoms with van der Waals surface area (Å²) in [6, 6.07) is 9.42. The molecule has 0 atom stereocenters. The van der Waals surface area contributed by atoms with Gasteiger partial charge in [0.05, 0.1) is 25.7 Å². The number of carbonyl (C=O) groups excluding carboxylic acids is 1. The van der Waals surface area contributed by atoms with Crippen molar-refractivity contribution in [1.29, 1.82) is 0 Å². The molecule has 0 saturated carbocycles. The Balaban J connectivity index is 1.81. The van der Waals surface area contributed by atoms with Crippen LogP contribution in [0.25, 0.3) is 11.4 Å². The number of nitrogens with zero attached hydrogens (tertiary/aromatic N) is 3. The zero-order valence-electron chi connectivity index (χ0n) is 16.9. The average Bonchev–Trinajstić information content (AvgIpc) is 3.37. The largest absolute Gasteiger partial charge is 0.497 e. The van der Waals surface area contributed by atoms with E-state index in [1.54, 1.807) is 20.1 Å². The number of ether oxygens (including phenoxy) is 2. The SMILES string of the molecule is CCCCn1c(SCc2occc2C(=O)OCC)nnc1-c1ccc(OC)cc1. The van der Waals surface area contributed by atoms with Crippen molar-refractivity contribution in [2.24, 2.45) is 0 Å². The normalized spacial score (nSPS) is 10.9. The predicted octanol–water partition coefficient (Wildman–Crippen LogP) is 4.82. The molecule has 0 fully saturated rings. The molecule has 29 heavy (non-hydrogen) atoms. The van der Waals surface area contributed by atoms with E-state index < -0.39 is 0 Å². The van der Waals surface area contributed by atoms with Gasteiger partial charge in [-0.25, -0.2) is 4.79 Å². The maximum Gasteiger partial charge on any atom is 0.341 e. The third-order valence-corrected chi connectivity index (χ3v) is 5.34. The summed E-state index contributed by atoms with van der Waals surface area (Å²) in [4.78, 5) is 12.1. The molecule has 1 aromatic carbocycles. The Morgan fingerprint density at radius 2 is 1.97 bits per heavy atom. The van der Waals surface area contributed by atoms with E-state index >= 15 is 0 Å². The summed E-state index contributed by atoms with van der Waals surface area (Å²) >= 11 is 1.49. The van der Waals surface area contributed by atoms with E-state index in [-0.39, 0.29) is 5.97 Å². The van der Waals surface area contributed by atoms with E-state index in [1.165, 1.54) is 18.0 Å².